The van der Waals surface area contributed by atoms with Crippen LogP contribution >= 0.6 is 45.6 Å². The van der Waals surface area contributed by atoms with Crippen molar-refractivity contribution < 1.29 is 23.9 Å². The monoisotopic (exact) mass is 786 g/mol. The molecule has 2 aromatic rings. The molecule has 3 fully saturated rings. The molecule has 2 aromatic carbocycles. The van der Waals surface area contributed by atoms with Crippen molar-refractivity contribution in [3.63, 3.8) is 0 Å². The number of nitrogens with one attached hydrogen (secondary N) is 3. The van der Waals surface area contributed by atoms with E-state index in [0.717, 1.165) is 79.5 Å². The Bertz CT molecular complexity index is 1680. The van der Waals surface area contributed by atoms with Crippen LogP contribution < -0.4 is 15.4 Å². The van der Waals surface area contributed by atoms with Crippen LogP contribution in [0.1, 0.15) is 95.3 Å². The maximum Gasteiger partial charge on any atom is 0.417 e. The van der Waals surface area contributed by atoms with Crippen LogP contribution in [-0.4, -0.2) is 57.9 Å². The Morgan fingerprint density at radius 1 is 1.00 bits per heavy atom. The maximum atomic E-state index is 14.2. The van der Waals surface area contributed by atoms with Crippen molar-refractivity contribution in [3.05, 3.63) is 69.7 Å². The number of hydrogen-bond acceptors (Lipinski definition) is 7. The molecule has 2 saturated heterocycles. The number of hydrogen-bond donors (Lipinski definition) is 3. The lowest BCUT2D eigenvalue weighted by molar-refractivity contribution is -0.127. The summed E-state index contributed by atoms with van der Waals surface area (Å²) in [6.45, 7) is 4.45. The van der Waals surface area contributed by atoms with Gasteiger partial charge in [-0.05, 0) is 96.9 Å². The number of nitrogens with zero attached hydrogens (tertiary/aromatic N) is 1. The summed E-state index contributed by atoms with van der Waals surface area (Å²) in [4.78, 5) is 54.6. The number of benzene rings is 2. The van der Waals surface area contributed by atoms with Crippen molar-refractivity contribution >= 4 is 74.2 Å². The zero-order chi connectivity index (χ0) is 37.3. The number of rotatable bonds is 14. The first kappa shape index (κ1) is 40.2. The van der Waals surface area contributed by atoms with Crippen LogP contribution in [-0.2, 0) is 24.5 Å². The predicted octanol–water partition coefficient (Wildman–Crippen LogP) is 8.06. The van der Waals surface area contributed by atoms with Crippen molar-refractivity contribution in [3.8, 4) is 6.07 Å². The molecular formula is C39H48Cl2N4O5S2. The molecule has 3 aliphatic rings. The first-order valence-electron chi connectivity index (χ1n) is 18.2. The third-order valence-corrected chi connectivity index (χ3v) is 14.3. The first-order chi connectivity index (χ1) is 25.0. The molecule has 280 valence electrons. The van der Waals surface area contributed by atoms with Crippen LogP contribution in [0.2, 0.25) is 10.0 Å². The molecule has 0 spiro atoms. The van der Waals surface area contributed by atoms with E-state index in [2.05, 4.69) is 21.4 Å². The lowest BCUT2D eigenvalue weighted by atomic mass is 9.76. The highest BCUT2D eigenvalue weighted by atomic mass is 35.5. The molecule has 2 heterocycles. The highest BCUT2D eigenvalue weighted by molar-refractivity contribution is 8.17. The zero-order valence-electron chi connectivity index (χ0n) is 29.8. The van der Waals surface area contributed by atoms with Gasteiger partial charge in [0.2, 0.25) is 17.6 Å². The molecule has 0 bridgehead atoms. The number of Topliss-reactive ketones (excluding diaryl/α,β-unsaturated/α-hetero) is 1. The normalized spacial score (nSPS) is 19.9. The van der Waals surface area contributed by atoms with Gasteiger partial charge >= 0.3 is 6.09 Å². The molecule has 13 heteroatoms. The molecular weight excluding hydrogens is 739 g/mol. The highest BCUT2D eigenvalue weighted by Crippen LogP contribution is 2.41. The van der Waals surface area contributed by atoms with Crippen LogP contribution in [0.4, 0.5) is 4.79 Å². The van der Waals surface area contributed by atoms with Gasteiger partial charge in [-0.2, -0.15) is 15.7 Å². The molecule has 3 amide bonds. The summed E-state index contributed by atoms with van der Waals surface area (Å²) in [7, 11) is -0.454. The van der Waals surface area contributed by atoms with Crippen LogP contribution in [0.3, 0.4) is 0 Å². The van der Waals surface area contributed by atoms with Crippen LogP contribution in [0, 0.1) is 23.2 Å². The summed E-state index contributed by atoms with van der Waals surface area (Å²) in [5.41, 5.74) is 0.887. The van der Waals surface area contributed by atoms with E-state index in [-0.39, 0.29) is 23.1 Å². The SMILES string of the molecule is CC(C)(c1cccc(Cl)c1)C(OC(=O)NS[C@@H](CC1CCCCC1)C(=O)N[C@@H](C[C@@H]1CCNC1=O)C(=O)C(C#N)=S1CCCC1)c1ccc(Cl)cc1. The summed E-state index contributed by atoms with van der Waals surface area (Å²) in [6, 6.07) is 15.7. The summed E-state index contributed by atoms with van der Waals surface area (Å²) in [6.07, 6.45) is 6.86. The standard InChI is InChI=1S/C39H48Cl2N4O5S2/c1-39(2,28-11-8-12-30(41)23-28)35(26-13-15-29(40)16-14-26)50-38(49)45-51-32(21-25-9-4-3-5-10-25)37(48)44-31(22-27-17-18-43-36(27)47)34(46)33(24-42)52-19-6-7-20-52/h8,11-16,23,25,27,31-32,35H,3-7,9-10,17-22H2,1-2H3,(H,43,47)(H,44,48)(H,45,49)/t27-,31-,32-,35?/m0/s1. The molecule has 5 rings (SSSR count). The minimum Gasteiger partial charge on any atom is -0.440 e. The Balaban J connectivity index is 1.36. The molecule has 9 nitrogen and oxygen atoms in total. The van der Waals surface area contributed by atoms with Crippen LogP contribution in [0.25, 0.3) is 0 Å². The average molecular weight is 788 g/mol. The lowest BCUT2D eigenvalue weighted by Gasteiger charge is -2.35. The number of ether oxygens (including phenoxy) is 1. The Labute approximate surface area is 323 Å². The quantitative estimate of drug-likeness (QED) is 0.130. The minimum absolute atomic E-state index is 0.121. The smallest absolute Gasteiger partial charge is 0.417 e. The Kier molecular flexibility index (Phi) is 14.5. The van der Waals surface area contributed by atoms with Gasteiger partial charge in [-0.1, -0.05) is 93.4 Å². The van der Waals surface area contributed by atoms with E-state index in [4.69, 9.17) is 27.9 Å². The molecule has 3 N–H and O–H groups in total. The molecule has 52 heavy (non-hydrogen) atoms. The number of ketones is 1. The third-order valence-electron chi connectivity index (χ3n) is 10.4. The first-order valence-corrected chi connectivity index (χ1v) is 21.4. The fraction of sp³-hybridized carbons (Fsp3) is 0.538. The minimum atomic E-state index is -1.02. The van der Waals surface area contributed by atoms with E-state index < -0.39 is 57.0 Å². The Hall–Kier alpha value is -3.04. The molecule has 1 aliphatic carbocycles. The van der Waals surface area contributed by atoms with Crippen molar-refractivity contribution in [2.24, 2.45) is 11.8 Å². The van der Waals surface area contributed by atoms with Gasteiger partial charge in [0.1, 0.15) is 22.3 Å². The van der Waals surface area contributed by atoms with Gasteiger partial charge in [-0.25, -0.2) is 4.79 Å². The zero-order valence-corrected chi connectivity index (χ0v) is 32.9. The molecule has 0 radical (unpaired) electrons. The summed E-state index contributed by atoms with van der Waals surface area (Å²) >= 11 is 13.5. The molecule has 4 atom stereocenters. The predicted molar refractivity (Wildman–Crippen MR) is 211 cm³/mol. The molecule has 0 aromatic heterocycles. The largest absolute Gasteiger partial charge is 0.440 e. The lowest BCUT2D eigenvalue weighted by Crippen LogP contribution is -2.49. The fourth-order valence-corrected chi connectivity index (χ4v) is 10.8. The van der Waals surface area contributed by atoms with Gasteiger partial charge in [-0.3, -0.25) is 19.1 Å². The average Bonchev–Trinajstić information content (AvgIpc) is 3.82. The number of carbonyl (C=O) groups is 4. The van der Waals surface area contributed by atoms with E-state index in [1.54, 1.807) is 18.2 Å². The van der Waals surface area contributed by atoms with Crippen molar-refractivity contribution in [2.45, 2.75) is 101 Å². The van der Waals surface area contributed by atoms with Gasteiger partial charge in [0.15, 0.2) is 0 Å². The second-order valence-electron chi connectivity index (χ2n) is 14.5. The highest BCUT2D eigenvalue weighted by Gasteiger charge is 2.38. The van der Waals surface area contributed by atoms with Gasteiger partial charge in [-0.15, -0.1) is 0 Å². The van der Waals surface area contributed by atoms with Gasteiger partial charge < -0.3 is 15.4 Å². The number of carbonyl (C=O) groups excluding carboxylic acids is 4. The van der Waals surface area contributed by atoms with E-state index in [9.17, 15) is 24.4 Å². The van der Waals surface area contributed by atoms with Gasteiger partial charge in [0.25, 0.3) is 0 Å². The summed E-state index contributed by atoms with van der Waals surface area (Å²) in [5.74, 6) is 0.451. The summed E-state index contributed by atoms with van der Waals surface area (Å²) in [5, 5.41) is 16.2. The third kappa shape index (κ3) is 10.6. The molecule has 1 saturated carbocycles. The van der Waals surface area contributed by atoms with Gasteiger partial charge in [0.05, 0.1) is 6.04 Å². The fourth-order valence-electron chi connectivity index (χ4n) is 7.42. The molecule has 1 unspecified atom stereocenters. The van der Waals surface area contributed by atoms with E-state index in [0.29, 0.717) is 29.4 Å². The van der Waals surface area contributed by atoms with Crippen molar-refractivity contribution in [2.75, 3.05) is 18.1 Å². The van der Waals surface area contributed by atoms with Crippen LogP contribution in [0.5, 0.6) is 0 Å². The Morgan fingerprint density at radius 2 is 1.71 bits per heavy atom. The van der Waals surface area contributed by atoms with E-state index in [1.807, 2.05) is 44.2 Å². The number of halogens is 2. The number of nitriles is 1. The summed E-state index contributed by atoms with van der Waals surface area (Å²) < 4.78 is 8.95. The van der Waals surface area contributed by atoms with E-state index in [1.165, 1.54) is 0 Å². The van der Waals surface area contributed by atoms with E-state index >= 15 is 0 Å². The Morgan fingerprint density at radius 3 is 2.35 bits per heavy atom. The topological polar surface area (TPSA) is 137 Å². The van der Waals surface area contributed by atoms with Crippen molar-refractivity contribution in [1.82, 2.24) is 15.4 Å². The van der Waals surface area contributed by atoms with Gasteiger partial charge in [0, 0.05) is 27.9 Å². The van der Waals surface area contributed by atoms with Crippen molar-refractivity contribution in [1.29, 1.82) is 5.26 Å². The molecule has 2 aliphatic heterocycles. The second kappa shape index (κ2) is 18.8. The second-order valence-corrected chi connectivity index (χ2v) is 18.6. The van der Waals surface area contributed by atoms with Crippen LogP contribution in [0.15, 0.2) is 48.5 Å². The number of amides is 3. The maximum absolute atomic E-state index is 14.2.